The van der Waals surface area contributed by atoms with Crippen LogP contribution in [0.5, 0.6) is 0 Å². The molecule has 0 atom stereocenters. The van der Waals surface area contributed by atoms with E-state index in [9.17, 15) is 4.79 Å². The molecular formula is C13H5Br3O. The zero-order valence-corrected chi connectivity index (χ0v) is 13.2. The number of Topliss-reactive ketones (excluding diaryl/α,β-unsaturated/α-hetero) is 1. The number of ketones is 1. The van der Waals surface area contributed by atoms with Gasteiger partial charge in [-0.25, -0.2) is 0 Å². The van der Waals surface area contributed by atoms with Crippen LogP contribution in [0.15, 0.2) is 43.3 Å². The largest absolute Gasteiger partial charge is 0.288 e. The number of carbonyl (C=O) groups excluding carboxylic acids is 1. The first-order valence-electron chi connectivity index (χ1n) is 4.93. The quantitative estimate of drug-likeness (QED) is 0.595. The van der Waals surface area contributed by atoms with E-state index in [4.69, 9.17) is 0 Å². The van der Waals surface area contributed by atoms with Gasteiger partial charge in [0.1, 0.15) is 0 Å². The number of hydrogen-bond acceptors (Lipinski definition) is 1. The molecule has 3 rings (SSSR count). The van der Waals surface area contributed by atoms with Crippen LogP contribution in [0, 0.1) is 0 Å². The minimum Gasteiger partial charge on any atom is -0.288 e. The first-order valence-corrected chi connectivity index (χ1v) is 7.30. The van der Waals surface area contributed by atoms with Crippen LogP contribution in [0.25, 0.3) is 11.6 Å². The first-order chi connectivity index (χ1) is 8.11. The highest BCUT2D eigenvalue weighted by Gasteiger charge is 2.33. The summed E-state index contributed by atoms with van der Waals surface area (Å²) in [5.74, 6) is 0.0197. The molecule has 0 aliphatic heterocycles. The van der Waals surface area contributed by atoms with E-state index in [-0.39, 0.29) is 5.78 Å². The van der Waals surface area contributed by atoms with Gasteiger partial charge in [0.25, 0.3) is 0 Å². The Morgan fingerprint density at radius 2 is 1.59 bits per heavy atom. The molecule has 0 N–H and O–H groups in total. The molecule has 0 fully saturated rings. The molecule has 0 spiro atoms. The van der Waals surface area contributed by atoms with Crippen LogP contribution >= 0.6 is 47.8 Å². The minimum absolute atomic E-state index is 0.0197. The molecule has 1 aromatic carbocycles. The van der Waals surface area contributed by atoms with Crippen LogP contribution in [0.1, 0.15) is 11.1 Å². The smallest absolute Gasteiger partial charge is 0.201 e. The Morgan fingerprint density at radius 3 is 2.35 bits per heavy atom. The maximum absolute atomic E-state index is 12.2. The molecular weight excluding hydrogens is 412 g/mol. The molecule has 17 heavy (non-hydrogen) atoms. The summed E-state index contributed by atoms with van der Waals surface area (Å²) in [5, 5.41) is 0. The maximum atomic E-state index is 12.2. The second kappa shape index (κ2) is 4.04. The standard InChI is InChI=1S/C13H5Br3O/c14-10-9-7-4-2-1-3-6(7)5-8(9)13(17)12(16)11(10)15/h1-5H. The Bertz CT molecular complexity index is 650. The molecule has 0 aromatic heterocycles. The van der Waals surface area contributed by atoms with Crippen LogP contribution in [-0.4, -0.2) is 5.78 Å². The number of rotatable bonds is 0. The number of hydrogen-bond donors (Lipinski definition) is 0. The highest BCUT2D eigenvalue weighted by molar-refractivity contribution is 9.16. The zero-order valence-electron chi connectivity index (χ0n) is 8.43. The third-order valence-electron chi connectivity index (χ3n) is 2.85. The average molecular weight is 417 g/mol. The van der Waals surface area contributed by atoms with Gasteiger partial charge in [-0.1, -0.05) is 24.3 Å². The van der Waals surface area contributed by atoms with E-state index in [2.05, 4.69) is 47.8 Å². The van der Waals surface area contributed by atoms with Crippen molar-refractivity contribution < 1.29 is 4.79 Å². The van der Waals surface area contributed by atoms with Crippen molar-refractivity contribution in [2.24, 2.45) is 0 Å². The number of benzene rings is 1. The molecule has 1 aromatic rings. The second-order valence-corrected chi connectivity index (χ2v) is 6.17. The lowest BCUT2D eigenvalue weighted by Crippen LogP contribution is -2.09. The van der Waals surface area contributed by atoms with Crippen LogP contribution in [-0.2, 0) is 4.79 Å². The zero-order chi connectivity index (χ0) is 12.2. The SMILES string of the molecule is O=C1C2=Cc3ccccc3C2=C(Br)C(Br)=C1Br. The van der Waals surface area contributed by atoms with E-state index in [1.165, 1.54) is 0 Å². The summed E-state index contributed by atoms with van der Waals surface area (Å²) in [4.78, 5) is 12.2. The molecule has 84 valence electrons. The summed E-state index contributed by atoms with van der Waals surface area (Å²) >= 11 is 10.3. The van der Waals surface area contributed by atoms with Gasteiger partial charge >= 0.3 is 0 Å². The van der Waals surface area contributed by atoms with E-state index in [1.807, 2.05) is 30.3 Å². The molecule has 4 heteroatoms. The van der Waals surface area contributed by atoms with Crippen LogP contribution < -0.4 is 0 Å². The fourth-order valence-electron chi connectivity index (χ4n) is 2.06. The minimum atomic E-state index is 0.0197. The molecule has 0 heterocycles. The number of carbonyl (C=O) groups is 1. The van der Waals surface area contributed by atoms with Gasteiger partial charge < -0.3 is 0 Å². The van der Waals surface area contributed by atoms with Crippen molar-refractivity contribution in [2.75, 3.05) is 0 Å². The number of halogens is 3. The highest BCUT2D eigenvalue weighted by Crippen LogP contribution is 2.49. The molecule has 0 bridgehead atoms. The number of allylic oxidation sites excluding steroid dienone is 5. The van der Waals surface area contributed by atoms with Crippen molar-refractivity contribution >= 4 is 65.2 Å². The number of fused-ring (bicyclic) bond motifs is 3. The van der Waals surface area contributed by atoms with Gasteiger partial charge in [-0.15, -0.1) is 0 Å². The fourth-order valence-corrected chi connectivity index (χ4v) is 3.74. The van der Waals surface area contributed by atoms with E-state index in [1.54, 1.807) is 0 Å². The van der Waals surface area contributed by atoms with Crippen molar-refractivity contribution in [3.63, 3.8) is 0 Å². The normalized spacial score (nSPS) is 18.3. The lowest BCUT2D eigenvalue weighted by Gasteiger charge is -2.16. The second-order valence-electron chi connectivity index (χ2n) is 3.79. The molecule has 0 radical (unpaired) electrons. The summed E-state index contributed by atoms with van der Waals surface area (Å²) in [6.07, 6.45) is 1.94. The third kappa shape index (κ3) is 1.58. The van der Waals surface area contributed by atoms with Crippen molar-refractivity contribution in [1.29, 1.82) is 0 Å². The van der Waals surface area contributed by atoms with Crippen LogP contribution in [0.2, 0.25) is 0 Å². The van der Waals surface area contributed by atoms with E-state index in [0.29, 0.717) is 4.48 Å². The van der Waals surface area contributed by atoms with Gasteiger partial charge in [0.15, 0.2) is 0 Å². The lowest BCUT2D eigenvalue weighted by atomic mass is 9.96. The monoisotopic (exact) mass is 414 g/mol. The molecule has 2 aliphatic rings. The predicted molar refractivity (Wildman–Crippen MR) is 80.2 cm³/mol. The lowest BCUT2D eigenvalue weighted by molar-refractivity contribution is -0.111. The fraction of sp³-hybridized carbons (Fsp3) is 0. The first kappa shape index (κ1) is 11.6. The van der Waals surface area contributed by atoms with Gasteiger partial charge in [0.2, 0.25) is 5.78 Å². The van der Waals surface area contributed by atoms with Crippen molar-refractivity contribution in [1.82, 2.24) is 0 Å². The molecule has 0 unspecified atom stereocenters. The van der Waals surface area contributed by atoms with Crippen LogP contribution in [0.4, 0.5) is 0 Å². The Labute approximate surface area is 124 Å². The third-order valence-corrected chi connectivity index (χ3v) is 6.25. The van der Waals surface area contributed by atoms with E-state index < -0.39 is 0 Å². The highest BCUT2D eigenvalue weighted by atomic mass is 79.9. The Kier molecular flexibility index (Phi) is 2.76. The molecule has 0 amide bonds. The summed E-state index contributed by atoms with van der Waals surface area (Å²) in [6.45, 7) is 0. The molecule has 1 nitrogen and oxygen atoms in total. The molecule has 0 saturated heterocycles. The Balaban J connectivity index is 2.36. The van der Waals surface area contributed by atoms with Gasteiger partial charge in [-0.05, 0) is 65.0 Å². The van der Waals surface area contributed by atoms with Crippen molar-refractivity contribution in [3.8, 4) is 0 Å². The van der Waals surface area contributed by atoms with Crippen LogP contribution in [0.3, 0.4) is 0 Å². The average Bonchev–Trinajstić information content (AvgIpc) is 2.73. The van der Waals surface area contributed by atoms with Gasteiger partial charge in [-0.2, -0.15) is 0 Å². The summed E-state index contributed by atoms with van der Waals surface area (Å²) in [6, 6.07) is 8.00. The summed E-state index contributed by atoms with van der Waals surface area (Å²) < 4.78 is 2.25. The van der Waals surface area contributed by atoms with Crippen molar-refractivity contribution in [3.05, 3.63) is 54.4 Å². The predicted octanol–water partition coefficient (Wildman–Crippen LogP) is 4.77. The van der Waals surface area contributed by atoms with Gasteiger partial charge in [0, 0.05) is 15.6 Å². The van der Waals surface area contributed by atoms with Gasteiger partial charge in [0.05, 0.1) is 8.96 Å². The Morgan fingerprint density at radius 1 is 0.882 bits per heavy atom. The van der Waals surface area contributed by atoms with E-state index in [0.717, 1.165) is 31.2 Å². The summed E-state index contributed by atoms with van der Waals surface area (Å²) in [7, 11) is 0. The molecule has 2 aliphatic carbocycles. The topological polar surface area (TPSA) is 17.1 Å². The van der Waals surface area contributed by atoms with Gasteiger partial charge in [-0.3, -0.25) is 4.79 Å². The Hall–Kier alpha value is -0.450. The molecule has 0 saturated carbocycles. The van der Waals surface area contributed by atoms with Crippen molar-refractivity contribution in [2.45, 2.75) is 0 Å². The maximum Gasteiger partial charge on any atom is 0.201 e. The van der Waals surface area contributed by atoms with E-state index >= 15 is 0 Å². The summed E-state index contributed by atoms with van der Waals surface area (Å²) in [5.41, 5.74) is 3.90.